The highest BCUT2D eigenvalue weighted by Gasteiger charge is 2.35. The average molecular weight is 370 g/mol. The summed E-state index contributed by atoms with van der Waals surface area (Å²) in [6, 6.07) is 3.19. The number of piperazine rings is 1. The lowest BCUT2D eigenvalue weighted by molar-refractivity contribution is -0.384. The molecular weight excluding hydrogens is 353 g/mol. The summed E-state index contributed by atoms with van der Waals surface area (Å²) in [5.74, 6) is 0. The number of benzene rings is 1. The van der Waals surface area contributed by atoms with Crippen molar-refractivity contribution in [1.29, 1.82) is 0 Å². The standard InChI is InChI=1S/C12H16ClN3O4S.ClH/c1-8-9(2)15(6-5-14-8)21(19,20)12-4-3-10(16(17)18)7-11(12)13;/h3-4,7-9,14H,5-6H2,1-2H3;1H. The topological polar surface area (TPSA) is 92.6 Å². The molecular formula is C12H17Cl2N3O4S. The maximum absolute atomic E-state index is 12.7. The molecule has 1 aromatic rings. The number of rotatable bonds is 3. The van der Waals surface area contributed by atoms with Crippen LogP contribution in [-0.4, -0.2) is 42.8 Å². The first-order valence-electron chi connectivity index (χ1n) is 6.44. The molecule has 2 unspecified atom stereocenters. The minimum absolute atomic E-state index is 0. The van der Waals surface area contributed by atoms with E-state index in [4.69, 9.17) is 11.6 Å². The van der Waals surface area contributed by atoms with Crippen LogP contribution in [0.1, 0.15) is 13.8 Å². The summed E-state index contributed by atoms with van der Waals surface area (Å²) in [6.45, 7) is 4.61. The Morgan fingerprint density at radius 1 is 1.41 bits per heavy atom. The monoisotopic (exact) mass is 369 g/mol. The van der Waals surface area contributed by atoms with E-state index < -0.39 is 14.9 Å². The van der Waals surface area contributed by atoms with Crippen LogP contribution in [0.15, 0.2) is 23.1 Å². The fourth-order valence-corrected chi connectivity index (χ4v) is 4.52. The average Bonchev–Trinajstić information content (AvgIpc) is 2.41. The molecule has 0 spiro atoms. The molecule has 1 heterocycles. The Kier molecular flexibility index (Phi) is 6.17. The van der Waals surface area contributed by atoms with Crippen molar-refractivity contribution in [1.82, 2.24) is 9.62 Å². The second kappa shape index (κ2) is 7.10. The zero-order valence-electron chi connectivity index (χ0n) is 12.0. The maximum Gasteiger partial charge on any atom is 0.271 e. The summed E-state index contributed by atoms with van der Waals surface area (Å²) in [7, 11) is -3.78. The van der Waals surface area contributed by atoms with Gasteiger partial charge in [0.2, 0.25) is 10.0 Å². The van der Waals surface area contributed by atoms with Crippen LogP contribution < -0.4 is 5.32 Å². The Bertz CT molecular complexity index is 668. The Morgan fingerprint density at radius 3 is 2.59 bits per heavy atom. The molecule has 2 atom stereocenters. The van der Waals surface area contributed by atoms with Crippen LogP contribution in [0.25, 0.3) is 0 Å². The SMILES string of the molecule is CC1NCCN(S(=O)(=O)c2ccc([N+](=O)[O-])cc2Cl)C1C.Cl. The molecule has 1 saturated heterocycles. The maximum atomic E-state index is 12.7. The first-order chi connectivity index (χ1) is 9.75. The van der Waals surface area contributed by atoms with E-state index in [2.05, 4.69) is 5.32 Å². The van der Waals surface area contributed by atoms with Gasteiger partial charge in [0.05, 0.1) is 9.95 Å². The highest BCUT2D eigenvalue weighted by atomic mass is 35.5. The van der Waals surface area contributed by atoms with Crippen LogP contribution in [0.5, 0.6) is 0 Å². The second-order valence-corrected chi connectivity index (χ2v) is 7.24. The number of halogens is 2. The molecule has 1 N–H and O–H groups in total. The summed E-state index contributed by atoms with van der Waals surface area (Å²) in [5.41, 5.74) is -0.235. The summed E-state index contributed by atoms with van der Waals surface area (Å²) in [4.78, 5) is 9.98. The van der Waals surface area contributed by atoms with Gasteiger partial charge in [-0.05, 0) is 19.9 Å². The quantitative estimate of drug-likeness (QED) is 0.649. The molecule has 0 bridgehead atoms. The summed E-state index contributed by atoms with van der Waals surface area (Å²) in [6.07, 6.45) is 0. The number of non-ortho nitro benzene ring substituents is 1. The summed E-state index contributed by atoms with van der Waals surface area (Å²) < 4.78 is 26.8. The number of nitro benzene ring substituents is 1. The van der Waals surface area contributed by atoms with Gasteiger partial charge in [-0.2, -0.15) is 4.31 Å². The molecule has 7 nitrogen and oxygen atoms in total. The fraction of sp³-hybridized carbons (Fsp3) is 0.500. The van der Waals surface area contributed by atoms with Gasteiger partial charge in [-0.1, -0.05) is 11.6 Å². The van der Waals surface area contributed by atoms with Crippen LogP contribution in [0.3, 0.4) is 0 Å². The van der Waals surface area contributed by atoms with Gasteiger partial charge in [0.1, 0.15) is 4.90 Å². The molecule has 1 aliphatic heterocycles. The van der Waals surface area contributed by atoms with Gasteiger partial charge < -0.3 is 5.32 Å². The molecule has 1 fully saturated rings. The molecule has 0 saturated carbocycles. The fourth-order valence-electron chi connectivity index (χ4n) is 2.30. The molecule has 0 radical (unpaired) electrons. The number of nitrogens with one attached hydrogen (secondary N) is 1. The van der Waals surface area contributed by atoms with Gasteiger partial charge in [0.15, 0.2) is 0 Å². The molecule has 10 heteroatoms. The van der Waals surface area contributed by atoms with E-state index in [1.165, 1.54) is 10.4 Å². The van der Waals surface area contributed by atoms with Gasteiger partial charge in [0, 0.05) is 37.3 Å². The third-order valence-electron chi connectivity index (χ3n) is 3.69. The van der Waals surface area contributed by atoms with E-state index in [0.717, 1.165) is 12.1 Å². The molecule has 1 aromatic carbocycles. The number of hydrogen-bond acceptors (Lipinski definition) is 5. The lowest BCUT2D eigenvalue weighted by atomic mass is 10.1. The first kappa shape index (κ1) is 19.1. The summed E-state index contributed by atoms with van der Waals surface area (Å²) in [5, 5.41) is 13.7. The summed E-state index contributed by atoms with van der Waals surface area (Å²) >= 11 is 5.94. The molecule has 0 amide bonds. The molecule has 22 heavy (non-hydrogen) atoms. The second-order valence-electron chi connectivity index (χ2n) is 4.97. The predicted molar refractivity (Wildman–Crippen MR) is 86.2 cm³/mol. The van der Waals surface area contributed by atoms with Crippen LogP contribution >= 0.6 is 24.0 Å². The van der Waals surface area contributed by atoms with Crippen molar-refractivity contribution in [2.75, 3.05) is 13.1 Å². The van der Waals surface area contributed by atoms with Gasteiger partial charge in [-0.3, -0.25) is 10.1 Å². The highest BCUT2D eigenvalue weighted by molar-refractivity contribution is 7.89. The zero-order chi connectivity index (χ0) is 15.8. The molecule has 0 aromatic heterocycles. The van der Waals surface area contributed by atoms with E-state index in [1.807, 2.05) is 13.8 Å². The Labute approximate surface area is 140 Å². The van der Waals surface area contributed by atoms with Crippen molar-refractivity contribution in [3.8, 4) is 0 Å². The number of sulfonamides is 1. The molecule has 1 aliphatic rings. The van der Waals surface area contributed by atoms with Crippen LogP contribution in [0.4, 0.5) is 5.69 Å². The van der Waals surface area contributed by atoms with Gasteiger partial charge in [-0.25, -0.2) is 8.42 Å². The largest absolute Gasteiger partial charge is 0.311 e. The van der Waals surface area contributed by atoms with E-state index in [-0.39, 0.29) is 40.1 Å². The lowest BCUT2D eigenvalue weighted by Gasteiger charge is -2.37. The van der Waals surface area contributed by atoms with Gasteiger partial charge >= 0.3 is 0 Å². The van der Waals surface area contributed by atoms with Crippen molar-refractivity contribution in [2.45, 2.75) is 30.8 Å². The first-order valence-corrected chi connectivity index (χ1v) is 8.26. The van der Waals surface area contributed by atoms with Crippen LogP contribution in [-0.2, 0) is 10.0 Å². The van der Waals surface area contributed by atoms with Crippen molar-refractivity contribution in [3.05, 3.63) is 33.3 Å². The highest BCUT2D eigenvalue weighted by Crippen LogP contribution is 2.30. The van der Waals surface area contributed by atoms with Crippen molar-refractivity contribution in [2.24, 2.45) is 0 Å². The smallest absolute Gasteiger partial charge is 0.271 e. The minimum atomic E-state index is -3.78. The van der Waals surface area contributed by atoms with Crippen molar-refractivity contribution >= 4 is 39.7 Å². The Hall–Kier alpha value is -0.930. The molecule has 124 valence electrons. The molecule has 2 rings (SSSR count). The van der Waals surface area contributed by atoms with Crippen molar-refractivity contribution < 1.29 is 13.3 Å². The number of nitrogens with zero attached hydrogens (tertiary/aromatic N) is 2. The molecule has 0 aliphatic carbocycles. The third kappa shape index (κ3) is 3.52. The Morgan fingerprint density at radius 2 is 2.05 bits per heavy atom. The van der Waals surface area contributed by atoms with E-state index >= 15 is 0 Å². The Balaban J connectivity index is 0.00000242. The van der Waals surface area contributed by atoms with Crippen LogP contribution in [0, 0.1) is 10.1 Å². The van der Waals surface area contributed by atoms with Gasteiger partial charge in [-0.15, -0.1) is 12.4 Å². The van der Waals surface area contributed by atoms with E-state index in [9.17, 15) is 18.5 Å². The van der Waals surface area contributed by atoms with Gasteiger partial charge in [0.25, 0.3) is 5.69 Å². The lowest BCUT2D eigenvalue weighted by Crippen LogP contribution is -2.57. The van der Waals surface area contributed by atoms with E-state index in [0.29, 0.717) is 13.1 Å². The number of nitro groups is 1. The predicted octanol–water partition coefficient (Wildman–Crippen LogP) is 2.04. The minimum Gasteiger partial charge on any atom is -0.311 e. The zero-order valence-corrected chi connectivity index (χ0v) is 14.4. The normalized spacial score (nSPS) is 22.9. The number of hydrogen-bond donors (Lipinski definition) is 1. The van der Waals surface area contributed by atoms with E-state index in [1.54, 1.807) is 0 Å². The van der Waals surface area contributed by atoms with Crippen molar-refractivity contribution in [3.63, 3.8) is 0 Å². The van der Waals surface area contributed by atoms with Crippen LogP contribution in [0.2, 0.25) is 5.02 Å². The third-order valence-corrected chi connectivity index (χ3v) is 6.16.